The highest BCUT2D eigenvalue weighted by molar-refractivity contribution is 5.87. The molecule has 1 atom stereocenters. The molecule has 0 aromatic rings. The summed E-state index contributed by atoms with van der Waals surface area (Å²) in [6.07, 6.45) is 2.70. The van der Waals surface area contributed by atoms with E-state index in [1.165, 1.54) is 0 Å². The summed E-state index contributed by atoms with van der Waals surface area (Å²) in [5.74, 6) is 0.151. The molecule has 0 aromatic carbocycles. The highest BCUT2D eigenvalue weighted by Crippen LogP contribution is 2.29. The van der Waals surface area contributed by atoms with E-state index in [9.17, 15) is 9.90 Å². The van der Waals surface area contributed by atoms with Crippen molar-refractivity contribution in [3.63, 3.8) is 0 Å². The van der Waals surface area contributed by atoms with Gasteiger partial charge in [-0.25, -0.2) is 0 Å². The second kappa shape index (κ2) is 3.46. The zero-order chi connectivity index (χ0) is 11.1. The van der Waals surface area contributed by atoms with E-state index in [-0.39, 0.29) is 11.4 Å². The van der Waals surface area contributed by atoms with Gasteiger partial charge in [-0.05, 0) is 32.7 Å². The van der Waals surface area contributed by atoms with Crippen LogP contribution in [0, 0.1) is 0 Å². The average Bonchev–Trinajstić information content (AvgIpc) is 2.60. The lowest BCUT2D eigenvalue weighted by Crippen LogP contribution is -2.67. The molecule has 15 heavy (non-hydrogen) atoms. The lowest BCUT2D eigenvalue weighted by Gasteiger charge is -2.48. The third-order valence-electron chi connectivity index (χ3n) is 3.76. The van der Waals surface area contributed by atoms with Crippen molar-refractivity contribution in [2.75, 3.05) is 19.6 Å². The number of likely N-dealkylation sites (tertiary alicyclic amines) is 1. The molecule has 1 unspecified atom stereocenters. The molecule has 0 aromatic heterocycles. The normalized spacial score (nSPS) is 33.9. The molecule has 0 spiro atoms. The van der Waals surface area contributed by atoms with Gasteiger partial charge in [-0.3, -0.25) is 4.79 Å². The SMILES string of the molecule is CCC1(O)CN(C(=O)C2(C)CCCN2)C1. The van der Waals surface area contributed by atoms with Crippen LogP contribution in [0.3, 0.4) is 0 Å². The van der Waals surface area contributed by atoms with Crippen LogP contribution in [0.4, 0.5) is 0 Å². The van der Waals surface area contributed by atoms with Gasteiger partial charge in [-0.15, -0.1) is 0 Å². The first-order valence-electron chi connectivity index (χ1n) is 5.76. The Balaban J connectivity index is 1.94. The minimum atomic E-state index is -0.620. The summed E-state index contributed by atoms with van der Waals surface area (Å²) in [5.41, 5.74) is -1.00. The number of aliphatic hydroxyl groups is 1. The predicted octanol–water partition coefficient (Wildman–Crippen LogP) is 0.112. The van der Waals surface area contributed by atoms with Gasteiger partial charge in [0.2, 0.25) is 5.91 Å². The number of carbonyl (C=O) groups is 1. The summed E-state index contributed by atoms with van der Waals surface area (Å²) in [6.45, 7) is 5.84. The molecule has 86 valence electrons. The van der Waals surface area contributed by atoms with E-state index in [4.69, 9.17) is 0 Å². The summed E-state index contributed by atoms with van der Waals surface area (Å²) in [6, 6.07) is 0. The van der Waals surface area contributed by atoms with Crippen molar-refractivity contribution in [2.45, 2.75) is 44.2 Å². The largest absolute Gasteiger partial charge is 0.386 e. The Morgan fingerprint density at radius 3 is 2.67 bits per heavy atom. The fraction of sp³-hybridized carbons (Fsp3) is 0.909. The molecule has 0 bridgehead atoms. The van der Waals surface area contributed by atoms with Crippen LogP contribution in [0.2, 0.25) is 0 Å². The molecule has 2 fully saturated rings. The van der Waals surface area contributed by atoms with Crippen LogP contribution in [0.25, 0.3) is 0 Å². The Morgan fingerprint density at radius 2 is 2.20 bits per heavy atom. The molecule has 2 aliphatic rings. The molecule has 1 amide bonds. The first-order chi connectivity index (χ1) is 6.99. The van der Waals surface area contributed by atoms with Gasteiger partial charge < -0.3 is 15.3 Å². The molecule has 2 heterocycles. The van der Waals surface area contributed by atoms with Gasteiger partial charge >= 0.3 is 0 Å². The van der Waals surface area contributed by atoms with Crippen LogP contribution in [-0.2, 0) is 4.79 Å². The Labute approximate surface area is 90.6 Å². The van der Waals surface area contributed by atoms with Gasteiger partial charge in [0.25, 0.3) is 0 Å². The molecule has 2 rings (SSSR count). The van der Waals surface area contributed by atoms with E-state index in [1.807, 2.05) is 13.8 Å². The van der Waals surface area contributed by atoms with Crippen molar-refractivity contribution >= 4 is 5.91 Å². The lowest BCUT2D eigenvalue weighted by molar-refractivity contribution is -0.161. The van der Waals surface area contributed by atoms with E-state index >= 15 is 0 Å². The zero-order valence-electron chi connectivity index (χ0n) is 9.55. The van der Waals surface area contributed by atoms with E-state index in [0.29, 0.717) is 13.1 Å². The molecule has 4 nitrogen and oxygen atoms in total. The van der Waals surface area contributed by atoms with Gasteiger partial charge in [-0.1, -0.05) is 6.92 Å². The molecule has 2 aliphatic heterocycles. The van der Waals surface area contributed by atoms with Crippen LogP contribution in [-0.4, -0.2) is 46.7 Å². The van der Waals surface area contributed by atoms with Crippen LogP contribution in [0.1, 0.15) is 33.1 Å². The number of β-amino-alcohol motifs (C(OH)–C–C–N with tert-alkyl or cyclic N) is 1. The second-order valence-corrected chi connectivity index (χ2v) is 5.10. The minimum absolute atomic E-state index is 0.151. The highest BCUT2D eigenvalue weighted by atomic mass is 16.3. The van der Waals surface area contributed by atoms with Gasteiger partial charge in [0.15, 0.2) is 0 Å². The van der Waals surface area contributed by atoms with E-state index in [2.05, 4.69) is 5.32 Å². The van der Waals surface area contributed by atoms with E-state index < -0.39 is 5.60 Å². The number of nitrogens with one attached hydrogen (secondary N) is 1. The molecule has 2 N–H and O–H groups in total. The molecule has 4 heteroatoms. The Hall–Kier alpha value is -0.610. The topological polar surface area (TPSA) is 52.6 Å². The Bertz CT molecular complexity index is 266. The smallest absolute Gasteiger partial charge is 0.242 e. The molecule has 0 aliphatic carbocycles. The first-order valence-corrected chi connectivity index (χ1v) is 5.76. The number of hydrogen-bond donors (Lipinski definition) is 2. The van der Waals surface area contributed by atoms with Crippen LogP contribution >= 0.6 is 0 Å². The third-order valence-corrected chi connectivity index (χ3v) is 3.76. The Kier molecular flexibility index (Phi) is 2.51. The second-order valence-electron chi connectivity index (χ2n) is 5.10. The minimum Gasteiger partial charge on any atom is -0.386 e. The van der Waals surface area contributed by atoms with Crippen molar-refractivity contribution in [1.82, 2.24) is 10.2 Å². The fourth-order valence-corrected chi connectivity index (χ4v) is 2.46. The number of rotatable bonds is 2. The van der Waals surface area contributed by atoms with Crippen LogP contribution in [0.5, 0.6) is 0 Å². The Morgan fingerprint density at radius 1 is 1.53 bits per heavy atom. The fourth-order valence-electron chi connectivity index (χ4n) is 2.46. The molecule has 0 saturated carbocycles. The van der Waals surface area contributed by atoms with Gasteiger partial charge in [-0.2, -0.15) is 0 Å². The van der Waals surface area contributed by atoms with Crippen molar-refractivity contribution in [3.05, 3.63) is 0 Å². The quantitative estimate of drug-likeness (QED) is 0.683. The third kappa shape index (κ3) is 1.76. The molecule has 2 saturated heterocycles. The molecule has 0 radical (unpaired) electrons. The summed E-state index contributed by atoms with van der Waals surface area (Å²) in [4.78, 5) is 13.9. The maximum absolute atomic E-state index is 12.1. The summed E-state index contributed by atoms with van der Waals surface area (Å²) in [7, 11) is 0. The summed E-state index contributed by atoms with van der Waals surface area (Å²) >= 11 is 0. The number of hydrogen-bond acceptors (Lipinski definition) is 3. The standard InChI is InChI=1S/C11H20N2O2/c1-3-11(15)7-13(8-11)9(14)10(2)5-4-6-12-10/h12,15H,3-8H2,1-2H3. The maximum Gasteiger partial charge on any atom is 0.242 e. The number of nitrogens with zero attached hydrogens (tertiary/aromatic N) is 1. The van der Waals surface area contributed by atoms with E-state index in [1.54, 1.807) is 4.90 Å². The van der Waals surface area contributed by atoms with Crippen molar-refractivity contribution < 1.29 is 9.90 Å². The predicted molar refractivity (Wildman–Crippen MR) is 57.5 cm³/mol. The summed E-state index contributed by atoms with van der Waals surface area (Å²) < 4.78 is 0. The number of amides is 1. The van der Waals surface area contributed by atoms with E-state index in [0.717, 1.165) is 25.8 Å². The summed E-state index contributed by atoms with van der Waals surface area (Å²) in [5, 5.41) is 13.1. The molecular weight excluding hydrogens is 192 g/mol. The van der Waals surface area contributed by atoms with Gasteiger partial charge in [0.05, 0.1) is 24.2 Å². The monoisotopic (exact) mass is 212 g/mol. The molecular formula is C11H20N2O2. The van der Waals surface area contributed by atoms with Gasteiger partial charge in [0.1, 0.15) is 0 Å². The highest BCUT2D eigenvalue weighted by Gasteiger charge is 2.48. The lowest BCUT2D eigenvalue weighted by atomic mass is 9.88. The van der Waals surface area contributed by atoms with Crippen molar-refractivity contribution in [1.29, 1.82) is 0 Å². The van der Waals surface area contributed by atoms with Crippen molar-refractivity contribution in [2.24, 2.45) is 0 Å². The first kappa shape index (κ1) is 10.9. The average molecular weight is 212 g/mol. The zero-order valence-corrected chi connectivity index (χ0v) is 9.55. The van der Waals surface area contributed by atoms with Crippen LogP contribution < -0.4 is 5.32 Å². The maximum atomic E-state index is 12.1. The van der Waals surface area contributed by atoms with Gasteiger partial charge in [0, 0.05) is 0 Å². The number of carbonyl (C=O) groups excluding carboxylic acids is 1. The van der Waals surface area contributed by atoms with Crippen LogP contribution in [0.15, 0.2) is 0 Å². The van der Waals surface area contributed by atoms with Crippen molar-refractivity contribution in [3.8, 4) is 0 Å².